The van der Waals surface area contributed by atoms with Crippen LogP contribution in [0.4, 0.5) is 0 Å². The first kappa shape index (κ1) is 16.0. The van der Waals surface area contributed by atoms with Crippen LogP contribution in [0.2, 0.25) is 0 Å². The minimum atomic E-state index is 0.654. The van der Waals surface area contributed by atoms with E-state index in [1.807, 2.05) is 6.20 Å². The SMILES string of the molecule is CCNC(=NCc1ncc(CC)s1)NCCC(C)C. The first-order valence-corrected chi connectivity index (χ1v) is 7.93. The second kappa shape index (κ2) is 8.91. The zero-order chi connectivity index (χ0) is 14.1. The van der Waals surface area contributed by atoms with Crippen molar-refractivity contribution in [1.82, 2.24) is 15.6 Å². The molecule has 108 valence electrons. The Bertz CT molecular complexity index is 385. The van der Waals surface area contributed by atoms with E-state index in [2.05, 4.69) is 48.3 Å². The summed E-state index contributed by atoms with van der Waals surface area (Å²) in [6.07, 6.45) is 4.16. The van der Waals surface area contributed by atoms with Gasteiger partial charge in [-0.3, -0.25) is 0 Å². The van der Waals surface area contributed by atoms with Crippen LogP contribution < -0.4 is 10.6 Å². The van der Waals surface area contributed by atoms with Crippen molar-refractivity contribution in [3.05, 3.63) is 16.1 Å². The normalized spacial score (nSPS) is 11.9. The Labute approximate surface area is 120 Å². The molecule has 5 heteroatoms. The lowest BCUT2D eigenvalue weighted by molar-refractivity contribution is 0.573. The molecule has 0 atom stereocenters. The monoisotopic (exact) mass is 282 g/mol. The number of rotatable bonds is 7. The first-order chi connectivity index (χ1) is 9.15. The van der Waals surface area contributed by atoms with Crippen molar-refractivity contribution in [2.24, 2.45) is 10.9 Å². The fraction of sp³-hybridized carbons (Fsp3) is 0.714. The maximum absolute atomic E-state index is 4.57. The standard InChI is InChI=1S/C14H26N4S/c1-5-12-9-17-13(19-12)10-18-14(15-6-2)16-8-7-11(3)4/h9,11H,5-8,10H2,1-4H3,(H2,15,16,18). The summed E-state index contributed by atoms with van der Waals surface area (Å²) >= 11 is 1.75. The molecule has 0 radical (unpaired) electrons. The molecule has 0 spiro atoms. The smallest absolute Gasteiger partial charge is 0.191 e. The summed E-state index contributed by atoms with van der Waals surface area (Å²) in [5, 5.41) is 7.70. The van der Waals surface area contributed by atoms with E-state index in [0.717, 1.165) is 36.9 Å². The largest absolute Gasteiger partial charge is 0.357 e. The molecule has 19 heavy (non-hydrogen) atoms. The Balaban J connectivity index is 2.47. The number of aliphatic imine (C=N–C) groups is 1. The van der Waals surface area contributed by atoms with Gasteiger partial charge < -0.3 is 10.6 Å². The summed E-state index contributed by atoms with van der Waals surface area (Å²) in [5.74, 6) is 1.60. The van der Waals surface area contributed by atoms with Crippen LogP contribution in [0.1, 0.15) is 44.0 Å². The Kier molecular flexibility index (Phi) is 7.48. The molecule has 0 aromatic carbocycles. The van der Waals surface area contributed by atoms with E-state index in [1.54, 1.807) is 11.3 Å². The number of aryl methyl sites for hydroxylation is 1. The molecule has 1 aromatic rings. The summed E-state index contributed by atoms with van der Waals surface area (Å²) in [6, 6.07) is 0. The number of hydrogen-bond acceptors (Lipinski definition) is 3. The van der Waals surface area contributed by atoms with Crippen LogP contribution >= 0.6 is 11.3 Å². The van der Waals surface area contributed by atoms with Crippen LogP contribution in [0.3, 0.4) is 0 Å². The molecule has 4 nitrogen and oxygen atoms in total. The highest BCUT2D eigenvalue weighted by molar-refractivity contribution is 7.11. The second-order valence-corrected chi connectivity index (χ2v) is 6.08. The van der Waals surface area contributed by atoms with Gasteiger partial charge in [0.2, 0.25) is 0 Å². The molecule has 0 unspecified atom stereocenters. The van der Waals surface area contributed by atoms with E-state index in [9.17, 15) is 0 Å². The van der Waals surface area contributed by atoms with Crippen LogP contribution in [0.15, 0.2) is 11.2 Å². The van der Waals surface area contributed by atoms with Crippen LogP contribution in [-0.2, 0) is 13.0 Å². The molecule has 0 amide bonds. The van der Waals surface area contributed by atoms with E-state index in [0.29, 0.717) is 12.5 Å². The van der Waals surface area contributed by atoms with Gasteiger partial charge in [-0.05, 0) is 25.7 Å². The van der Waals surface area contributed by atoms with Gasteiger partial charge in [-0.15, -0.1) is 11.3 Å². The van der Waals surface area contributed by atoms with Gasteiger partial charge in [0.15, 0.2) is 5.96 Å². The van der Waals surface area contributed by atoms with Gasteiger partial charge in [0, 0.05) is 24.2 Å². The highest BCUT2D eigenvalue weighted by Crippen LogP contribution is 2.13. The lowest BCUT2D eigenvalue weighted by Crippen LogP contribution is -2.38. The molecule has 0 saturated carbocycles. The van der Waals surface area contributed by atoms with Crippen molar-refractivity contribution in [2.75, 3.05) is 13.1 Å². The fourth-order valence-electron chi connectivity index (χ4n) is 1.55. The summed E-state index contributed by atoms with van der Waals surface area (Å²) in [7, 11) is 0. The van der Waals surface area contributed by atoms with E-state index < -0.39 is 0 Å². The number of guanidine groups is 1. The second-order valence-electron chi connectivity index (χ2n) is 4.88. The van der Waals surface area contributed by atoms with Gasteiger partial charge in [0.1, 0.15) is 5.01 Å². The summed E-state index contributed by atoms with van der Waals surface area (Å²) in [5.41, 5.74) is 0. The van der Waals surface area contributed by atoms with Gasteiger partial charge in [-0.2, -0.15) is 0 Å². The average molecular weight is 282 g/mol. The molecule has 0 aliphatic heterocycles. The molecule has 0 aliphatic carbocycles. The van der Waals surface area contributed by atoms with Gasteiger partial charge in [-0.25, -0.2) is 9.98 Å². The van der Waals surface area contributed by atoms with E-state index in [1.165, 1.54) is 4.88 Å². The molecule has 0 bridgehead atoms. The maximum atomic E-state index is 4.57. The molecule has 0 saturated heterocycles. The highest BCUT2D eigenvalue weighted by atomic mass is 32.1. The number of thiazole rings is 1. The van der Waals surface area contributed by atoms with Gasteiger partial charge in [-0.1, -0.05) is 20.8 Å². The van der Waals surface area contributed by atoms with Crippen LogP contribution in [0.25, 0.3) is 0 Å². The third kappa shape index (κ3) is 6.57. The summed E-state index contributed by atoms with van der Waals surface area (Å²) in [4.78, 5) is 10.3. The van der Waals surface area contributed by atoms with Crippen molar-refractivity contribution >= 4 is 17.3 Å². The van der Waals surface area contributed by atoms with Crippen molar-refractivity contribution < 1.29 is 0 Å². The lowest BCUT2D eigenvalue weighted by atomic mass is 10.1. The molecular formula is C14H26N4S. The average Bonchev–Trinajstić information content (AvgIpc) is 2.83. The molecule has 2 N–H and O–H groups in total. The third-order valence-electron chi connectivity index (χ3n) is 2.68. The Morgan fingerprint density at radius 3 is 2.74 bits per heavy atom. The predicted molar refractivity (Wildman–Crippen MR) is 83.8 cm³/mol. The van der Waals surface area contributed by atoms with Crippen molar-refractivity contribution in [2.45, 2.75) is 47.1 Å². The quantitative estimate of drug-likeness (QED) is 0.597. The fourth-order valence-corrected chi connectivity index (χ4v) is 2.34. The highest BCUT2D eigenvalue weighted by Gasteiger charge is 2.02. The Morgan fingerprint density at radius 1 is 1.37 bits per heavy atom. The van der Waals surface area contributed by atoms with Gasteiger partial charge in [0.05, 0.1) is 6.54 Å². The van der Waals surface area contributed by atoms with Gasteiger partial charge >= 0.3 is 0 Å². The summed E-state index contributed by atoms with van der Waals surface area (Å²) in [6.45, 7) is 11.2. The van der Waals surface area contributed by atoms with Gasteiger partial charge in [0.25, 0.3) is 0 Å². The zero-order valence-corrected chi connectivity index (χ0v) is 13.3. The minimum absolute atomic E-state index is 0.654. The van der Waals surface area contributed by atoms with Crippen molar-refractivity contribution in [1.29, 1.82) is 0 Å². The zero-order valence-electron chi connectivity index (χ0n) is 12.5. The van der Waals surface area contributed by atoms with Crippen LogP contribution in [-0.4, -0.2) is 24.0 Å². The Morgan fingerprint density at radius 2 is 2.16 bits per heavy atom. The predicted octanol–water partition coefficient (Wildman–Crippen LogP) is 2.81. The molecule has 1 aromatic heterocycles. The lowest BCUT2D eigenvalue weighted by Gasteiger charge is -2.11. The number of nitrogens with zero attached hydrogens (tertiary/aromatic N) is 2. The number of hydrogen-bond donors (Lipinski definition) is 2. The summed E-state index contributed by atoms with van der Waals surface area (Å²) < 4.78 is 0. The first-order valence-electron chi connectivity index (χ1n) is 7.11. The van der Waals surface area contributed by atoms with E-state index in [-0.39, 0.29) is 0 Å². The third-order valence-corrected chi connectivity index (χ3v) is 3.81. The van der Waals surface area contributed by atoms with E-state index in [4.69, 9.17) is 0 Å². The Hall–Kier alpha value is -1.10. The molecule has 0 aliphatic rings. The maximum Gasteiger partial charge on any atom is 0.191 e. The molecule has 1 heterocycles. The van der Waals surface area contributed by atoms with E-state index >= 15 is 0 Å². The van der Waals surface area contributed by atoms with Crippen LogP contribution in [0, 0.1) is 5.92 Å². The molecular weight excluding hydrogens is 256 g/mol. The number of aromatic nitrogens is 1. The molecule has 1 rings (SSSR count). The molecule has 0 fully saturated rings. The van der Waals surface area contributed by atoms with Crippen molar-refractivity contribution in [3.63, 3.8) is 0 Å². The topological polar surface area (TPSA) is 49.3 Å². The minimum Gasteiger partial charge on any atom is -0.357 e. The number of nitrogens with one attached hydrogen (secondary N) is 2. The van der Waals surface area contributed by atoms with Crippen LogP contribution in [0.5, 0.6) is 0 Å². The van der Waals surface area contributed by atoms with Crippen molar-refractivity contribution in [3.8, 4) is 0 Å².